The van der Waals surface area contributed by atoms with E-state index < -0.39 is 17.4 Å². The van der Waals surface area contributed by atoms with Crippen molar-refractivity contribution < 1.29 is 19.1 Å². The molecule has 0 bridgehead atoms. The van der Waals surface area contributed by atoms with Crippen molar-refractivity contribution >= 4 is 58.4 Å². The van der Waals surface area contributed by atoms with Gasteiger partial charge in [0.15, 0.2) is 11.5 Å². The summed E-state index contributed by atoms with van der Waals surface area (Å²) in [4.78, 5) is 44.1. The number of para-hydroxylation sites is 3. The lowest BCUT2D eigenvalue weighted by atomic mass is 10.2. The van der Waals surface area contributed by atoms with Gasteiger partial charge < -0.3 is 4.74 Å². The van der Waals surface area contributed by atoms with E-state index in [-0.39, 0.29) is 18.2 Å². The van der Waals surface area contributed by atoms with Crippen LogP contribution in [0.25, 0.3) is 0 Å². The van der Waals surface area contributed by atoms with E-state index in [1.807, 2.05) is 72.8 Å². The van der Waals surface area contributed by atoms with Gasteiger partial charge in [0.25, 0.3) is 5.91 Å². The number of nitrogens with zero attached hydrogens (tertiary/aromatic N) is 2. The largest absolute Gasteiger partial charge is 0.453 e. The SMILES string of the molecule is O=C(COC(=O)C12CCC(=O)N1c1ccccc1S2)N1c2ccccc2Sc2ccccc21. The number of hydrogen-bond donors (Lipinski definition) is 0. The van der Waals surface area contributed by atoms with Crippen molar-refractivity contribution in [1.82, 2.24) is 0 Å². The van der Waals surface area contributed by atoms with Crippen molar-refractivity contribution in [3.63, 3.8) is 0 Å². The van der Waals surface area contributed by atoms with E-state index in [1.165, 1.54) is 11.8 Å². The number of carbonyl (C=O) groups is 3. The number of ether oxygens (including phenoxy) is 1. The molecule has 0 aliphatic carbocycles. The lowest BCUT2D eigenvalue weighted by Gasteiger charge is -2.32. The van der Waals surface area contributed by atoms with E-state index in [9.17, 15) is 14.4 Å². The van der Waals surface area contributed by atoms with Crippen molar-refractivity contribution in [3.05, 3.63) is 72.8 Å². The second-order valence-electron chi connectivity index (χ2n) is 7.93. The lowest BCUT2D eigenvalue weighted by molar-refractivity contribution is -0.150. The molecular weight excluding hydrogens is 456 g/mol. The van der Waals surface area contributed by atoms with Gasteiger partial charge >= 0.3 is 5.97 Å². The van der Waals surface area contributed by atoms with E-state index >= 15 is 0 Å². The van der Waals surface area contributed by atoms with Gasteiger partial charge in [-0.25, -0.2) is 4.79 Å². The predicted molar refractivity (Wildman–Crippen MR) is 127 cm³/mol. The maximum absolute atomic E-state index is 13.4. The Hall–Kier alpha value is -3.23. The van der Waals surface area contributed by atoms with Gasteiger partial charge in [-0.15, -0.1) is 0 Å². The highest BCUT2D eigenvalue weighted by molar-refractivity contribution is 8.02. The summed E-state index contributed by atoms with van der Waals surface area (Å²) in [6.07, 6.45) is 0.624. The van der Waals surface area contributed by atoms with Crippen LogP contribution in [0.4, 0.5) is 17.1 Å². The minimum absolute atomic E-state index is 0.105. The van der Waals surface area contributed by atoms with Gasteiger partial charge in [0.2, 0.25) is 5.91 Å². The summed E-state index contributed by atoms with van der Waals surface area (Å²) in [5.74, 6) is -1.00. The molecule has 6 nitrogen and oxygen atoms in total. The summed E-state index contributed by atoms with van der Waals surface area (Å²) in [5.41, 5.74) is 2.26. The van der Waals surface area contributed by atoms with Crippen LogP contribution in [0.1, 0.15) is 12.8 Å². The van der Waals surface area contributed by atoms with Gasteiger partial charge in [0.05, 0.1) is 17.1 Å². The molecule has 1 atom stereocenters. The third-order valence-electron chi connectivity index (χ3n) is 6.00. The number of thioether (sulfide) groups is 1. The molecule has 3 heterocycles. The molecule has 0 spiro atoms. The molecule has 2 amide bonds. The van der Waals surface area contributed by atoms with Crippen LogP contribution in [0.5, 0.6) is 0 Å². The van der Waals surface area contributed by atoms with Gasteiger partial charge in [-0.3, -0.25) is 19.4 Å². The molecule has 0 saturated carbocycles. The Morgan fingerprint density at radius 1 is 0.848 bits per heavy atom. The van der Waals surface area contributed by atoms with Gasteiger partial charge in [0, 0.05) is 27.5 Å². The number of benzene rings is 3. The molecular formula is C25H18N2O4S2. The Morgan fingerprint density at radius 3 is 2.09 bits per heavy atom. The minimum Gasteiger partial charge on any atom is -0.453 e. The standard InChI is InChI=1S/C25H18N2O4S2/c28-22-13-14-25(27(22)18-9-3-6-12-21(18)33-25)24(30)31-15-23(29)26-16-7-1-4-10-19(16)32-20-11-5-2-8-17(20)26/h1-12H,13-15H2. The zero-order valence-electron chi connectivity index (χ0n) is 17.4. The summed E-state index contributed by atoms with van der Waals surface area (Å²) in [6.45, 7) is -0.410. The first-order valence-electron chi connectivity index (χ1n) is 10.6. The molecule has 3 aromatic carbocycles. The van der Waals surface area contributed by atoms with Gasteiger partial charge in [0.1, 0.15) is 0 Å². The number of amides is 2. The topological polar surface area (TPSA) is 66.9 Å². The smallest absolute Gasteiger partial charge is 0.344 e. The van der Waals surface area contributed by atoms with Crippen LogP contribution in [0.3, 0.4) is 0 Å². The zero-order valence-corrected chi connectivity index (χ0v) is 19.0. The van der Waals surface area contributed by atoms with Crippen LogP contribution in [0.15, 0.2) is 87.5 Å². The quantitative estimate of drug-likeness (QED) is 0.499. The molecule has 164 valence electrons. The first-order valence-corrected chi connectivity index (χ1v) is 12.2. The summed E-state index contributed by atoms with van der Waals surface area (Å²) in [6, 6.07) is 22.8. The van der Waals surface area contributed by atoms with Crippen molar-refractivity contribution in [1.29, 1.82) is 0 Å². The molecule has 1 saturated heterocycles. The molecule has 3 aliphatic heterocycles. The van der Waals surface area contributed by atoms with Crippen LogP contribution in [-0.4, -0.2) is 29.3 Å². The molecule has 8 heteroatoms. The number of esters is 1. The van der Waals surface area contributed by atoms with E-state index in [0.717, 1.165) is 31.7 Å². The van der Waals surface area contributed by atoms with Crippen molar-refractivity contribution in [2.75, 3.05) is 16.4 Å². The maximum Gasteiger partial charge on any atom is 0.344 e. The summed E-state index contributed by atoms with van der Waals surface area (Å²) < 4.78 is 5.60. The van der Waals surface area contributed by atoms with Crippen LogP contribution in [0, 0.1) is 0 Å². The van der Waals surface area contributed by atoms with Crippen LogP contribution >= 0.6 is 23.5 Å². The van der Waals surface area contributed by atoms with E-state index in [2.05, 4.69) is 0 Å². The highest BCUT2D eigenvalue weighted by Gasteiger charge is 2.58. The molecule has 0 N–H and O–H groups in total. The zero-order chi connectivity index (χ0) is 22.6. The third kappa shape index (κ3) is 3.08. The number of carbonyl (C=O) groups excluding carboxylic acids is 3. The Kier molecular flexibility index (Phi) is 4.74. The normalized spacial score (nSPS) is 20.1. The number of rotatable bonds is 3. The number of anilines is 3. The second-order valence-corrected chi connectivity index (χ2v) is 10.3. The van der Waals surface area contributed by atoms with Gasteiger partial charge in [-0.2, -0.15) is 0 Å². The van der Waals surface area contributed by atoms with Crippen LogP contribution in [0.2, 0.25) is 0 Å². The fourth-order valence-corrected chi connectivity index (χ4v) is 7.02. The van der Waals surface area contributed by atoms with Crippen LogP contribution < -0.4 is 9.80 Å². The second kappa shape index (κ2) is 7.67. The monoisotopic (exact) mass is 474 g/mol. The highest BCUT2D eigenvalue weighted by Crippen LogP contribution is 2.56. The average molecular weight is 475 g/mol. The molecule has 3 aromatic rings. The first kappa shape index (κ1) is 20.4. The fraction of sp³-hybridized carbons (Fsp3) is 0.160. The molecule has 0 radical (unpaired) electrons. The third-order valence-corrected chi connectivity index (χ3v) is 8.59. The Balaban J connectivity index is 1.27. The van der Waals surface area contributed by atoms with Gasteiger partial charge in [-0.1, -0.05) is 59.9 Å². The highest BCUT2D eigenvalue weighted by atomic mass is 32.2. The van der Waals surface area contributed by atoms with E-state index in [4.69, 9.17) is 4.74 Å². The van der Waals surface area contributed by atoms with E-state index in [1.54, 1.807) is 21.6 Å². The van der Waals surface area contributed by atoms with Crippen molar-refractivity contribution in [3.8, 4) is 0 Å². The molecule has 6 rings (SSSR count). The van der Waals surface area contributed by atoms with Crippen molar-refractivity contribution in [2.24, 2.45) is 0 Å². The van der Waals surface area contributed by atoms with Crippen LogP contribution in [-0.2, 0) is 19.1 Å². The summed E-state index contributed by atoms with van der Waals surface area (Å²) in [7, 11) is 0. The summed E-state index contributed by atoms with van der Waals surface area (Å²) in [5, 5.41) is 0. The van der Waals surface area contributed by atoms with E-state index in [0.29, 0.717) is 6.42 Å². The molecule has 33 heavy (non-hydrogen) atoms. The molecule has 1 fully saturated rings. The number of fused-ring (bicyclic) bond motifs is 5. The molecule has 0 aromatic heterocycles. The Morgan fingerprint density at radius 2 is 1.42 bits per heavy atom. The Bertz CT molecular complexity index is 1280. The Labute approximate surface area is 198 Å². The first-order chi connectivity index (χ1) is 16.1. The lowest BCUT2D eigenvalue weighted by Crippen LogP contribution is -2.48. The predicted octanol–water partition coefficient (Wildman–Crippen LogP) is 4.99. The fourth-order valence-electron chi connectivity index (χ4n) is 4.55. The summed E-state index contributed by atoms with van der Waals surface area (Å²) >= 11 is 2.94. The van der Waals surface area contributed by atoms with Crippen molar-refractivity contribution in [2.45, 2.75) is 32.4 Å². The maximum atomic E-state index is 13.4. The molecule has 3 aliphatic rings. The number of hydrogen-bond acceptors (Lipinski definition) is 6. The average Bonchev–Trinajstić information content (AvgIpc) is 3.36. The van der Waals surface area contributed by atoms with Gasteiger partial charge in [-0.05, 0) is 36.4 Å². The minimum atomic E-state index is -1.14. The molecule has 1 unspecified atom stereocenters.